The van der Waals surface area contributed by atoms with Gasteiger partial charge in [-0.15, -0.1) is 12.4 Å². The first-order valence-electron chi connectivity index (χ1n) is 6.25. The molecule has 1 aliphatic carbocycles. The van der Waals surface area contributed by atoms with Crippen LogP contribution in [0.25, 0.3) is 0 Å². The van der Waals surface area contributed by atoms with Gasteiger partial charge in [0, 0.05) is 18.6 Å². The summed E-state index contributed by atoms with van der Waals surface area (Å²) in [5.41, 5.74) is 0. The summed E-state index contributed by atoms with van der Waals surface area (Å²) in [4.78, 5) is 2.41. The smallest absolute Gasteiger partial charge is 0.0242 e. The van der Waals surface area contributed by atoms with E-state index in [-0.39, 0.29) is 12.4 Å². The Morgan fingerprint density at radius 3 is 2.31 bits per heavy atom. The Balaban J connectivity index is 0.00000128. The Hall–Kier alpha value is 0.560. The summed E-state index contributed by atoms with van der Waals surface area (Å²) >= 11 is 2.11. The van der Waals surface area contributed by atoms with Gasteiger partial charge in [-0.2, -0.15) is 11.8 Å². The van der Waals surface area contributed by atoms with Gasteiger partial charge in [0.15, 0.2) is 0 Å². The van der Waals surface area contributed by atoms with E-state index in [1.54, 1.807) is 0 Å². The largest absolute Gasteiger partial charge is 0.312 e. The second-order valence-corrected chi connectivity index (χ2v) is 6.39. The third-order valence-electron chi connectivity index (χ3n) is 3.67. The third kappa shape index (κ3) is 4.44. The standard InChI is InChI=1S/C12H24N2S.ClH/c1-14(2)12(10-3-4-10)9-13-11-5-7-15-8-6-11;/h10-13H,3-9H2,1-2H3;1H. The molecule has 1 atom stereocenters. The molecular formula is C12H25ClN2S. The molecule has 1 N–H and O–H groups in total. The van der Waals surface area contributed by atoms with Crippen LogP contribution in [0.2, 0.25) is 0 Å². The zero-order valence-electron chi connectivity index (χ0n) is 10.4. The molecule has 0 amide bonds. The Morgan fingerprint density at radius 2 is 1.81 bits per heavy atom. The molecule has 0 aromatic heterocycles. The lowest BCUT2D eigenvalue weighted by Gasteiger charge is -2.29. The minimum absolute atomic E-state index is 0. The number of rotatable bonds is 5. The summed E-state index contributed by atoms with van der Waals surface area (Å²) < 4.78 is 0. The SMILES string of the molecule is CN(C)C(CNC1CCSCC1)C1CC1.Cl. The summed E-state index contributed by atoms with van der Waals surface area (Å²) in [6.07, 6.45) is 5.64. The van der Waals surface area contributed by atoms with Crippen molar-refractivity contribution in [3.63, 3.8) is 0 Å². The van der Waals surface area contributed by atoms with E-state index in [4.69, 9.17) is 0 Å². The van der Waals surface area contributed by atoms with Gasteiger partial charge in [-0.25, -0.2) is 0 Å². The number of halogens is 1. The molecule has 0 spiro atoms. The van der Waals surface area contributed by atoms with E-state index in [0.29, 0.717) is 0 Å². The summed E-state index contributed by atoms with van der Waals surface area (Å²) in [5.74, 6) is 3.69. The fourth-order valence-corrected chi connectivity index (χ4v) is 3.55. The van der Waals surface area contributed by atoms with Crippen molar-refractivity contribution in [3.05, 3.63) is 0 Å². The summed E-state index contributed by atoms with van der Waals surface area (Å²) in [6.45, 7) is 1.20. The first-order chi connectivity index (χ1) is 7.27. The molecule has 16 heavy (non-hydrogen) atoms. The predicted molar refractivity (Wildman–Crippen MR) is 75.8 cm³/mol. The van der Waals surface area contributed by atoms with E-state index in [0.717, 1.165) is 18.0 Å². The zero-order valence-corrected chi connectivity index (χ0v) is 12.1. The number of thioether (sulfide) groups is 1. The molecule has 96 valence electrons. The molecule has 1 unspecified atom stereocenters. The van der Waals surface area contributed by atoms with Crippen molar-refractivity contribution in [2.75, 3.05) is 32.1 Å². The highest BCUT2D eigenvalue weighted by molar-refractivity contribution is 7.99. The molecule has 2 aliphatic rings. The highest BCUT2D eigenvalue weighted by Crippen LogP contribution is 2.34. The van der Waals surface area contributed by atoms with Gasteiger partial charge in [-0.1, -0.05) is 0 Å². The molecule has 1 saturated carbocycles. The lowest BCUT2D eigenvalue weighted by Crippen LogP contribution is -2.44. The predicted octanol–water partition coefficient (Wildman–Crippen LogP) is 2.23. The normalized spacial score (nSPS) is 24.2. The monoisotopic (exact) mass is 264 g/mol. The van der Waals surface area contributed by atoms with Gasteiger partial charge in [-0.3, -0.25) is 0 Å². The second kappa shape index (κ2) is 7.10. The van der Waals surface area contributed by atoms with Gasteiger partial charge in [0.05, 0.1) is 0 Å². The average Bonchev–Trinajstić information content (AvgIpc) is 3.03. The quantitative estimate of drug-likeness (QED) is 0.820. The number of nitrogens with zero attached hydrogens (tertiary/aromatic N) is 1. The van der Waals surface area contributed by atoms with Crippen LogP contribution in [0, 0.1) is 5.92 Å². The molecule has 2 rings (SSSR count). The van der Waals surface area contributed by atoms with Crippen molar-refractivity contribution in [3.8, 4) is 0 Å². The van der Waals surface area contributed by atoms with Gasteiger partial charge in [0.2, 0.25) is 0 Å². The van der Waals surface area contributed by atoms with Crippen LogP contribution in [0.1, 0.15) is 25.7 Å². The molecular weight excluding hydrogens is 240 g/mol. The van der Waals surface area contributed by atoms with Crippen LogP contribution in [0.3, 0.4) is 0 Å². The van der Waals surface area contributed by atoms with Gasteiger partial charge >= 0.3 is 0 Å². The fourth-order valence-electron chi connectivity index (χ4n) is 2.44. The van der Waals surface area contributed by atoms with Crippen LogP contribution in [0.15, 0.2) is 0 Å². The zero-order chi connectivity index (χ0) is 10.7. The van der Waals surface area contributed by atoms with Crippen molar-refractivity contribution >= 4 is 24.2 Å². The van der Waals surface area contributed by atoms with Gasteiger partial charge in [-0.05, 0) is 57.2 Å². The molecule has 0 radical (unpaired) electrons. The van der Waals surface area contributed by atoms with E-state index in [1.165, 1.54) is 43.7 Å². The molecule has 1 aliphatic heterocycles. The van der Waals surface area contributed by atoms with Crippen LogP contribution >= 0.6 is 24.2 Å². The highest BCUT2D eigenvalue weighted by Gasteiger charge is 2.32. The Kier molecular flexibility index (Phi) is 6.48. The van der Waals surface area contributed by atoms with Crippen LogP contribution in [0.5, 0.6) is 0 Å². The fraction of sp³-hybridized carbons (Fsp3) is 1.00. The molecule has 0 bridgehead atoms. The topological polar surface area (TPSA) is 15.3 Å². The molecule has 2 nitrogen and oxygen atoms in total. The van der Waals surface area contributed by atoms with Gasteiger partial charge in [0.25, 0.3) is 0 Å². The molecule has 2 fully saturated rings. The Morgan fingerprint density at radius 1 is 1.19 bits per heavy atom. The van der Waals surface area contributed by atoms with Crippen LogP contribution in [-0.4, -0.2) is 49.1 Å². The number of hydrogen-bond donors (Lipinski definition) is 1. The molecule has 1 heterocycles. The minimum Gasteiger partial charge on any atom is -0.312 e. The summed E-state index contributed by atoms with van der Waals surface area (Å²) in [7, 11) is 4.45. The van der Waals surface area contributed by atoms with E-state index >= 15 is 0 Å². The molecule has 1 saturated heterocycles. The number of hydrogen-bond acceptors (Lipinski definition) is 3. The van der Waals surface area contributed by atoms with Crippen molar-refractivity contribution in [2.24, 2.45) is 5.92 Å². The van der Waals surface area contributed by atoms with Crippen molar-refractivity contribution in [1.29, 1.82) is 0 Å². The second-order valence-electron chi connectivity index (χ2n) is 5.16. The first kappa shape index (κ1) is 14.6. The molecule has 4 heteroatoms. The lowest BCUT2D eigenvalue weighted by molar-refractivity contribution is 0.246. The maximum atomic E-state index is 3.77. The number of nitrogens with one attached hydrogen (secondary N) is 1. The Bertz CT molecular complexity index is 189. The highest BCUT2D eigenvalue weighted by atomic mass is 35.5. The van der Waals surface area contributed by atoms with Crippen LogP contribution in [0.4, 0.5) is 0 Å². The van der Waals surface area contributed by atoms with E-state index in [2.05, 4.69) is 36.1 Å². The van der Waals surface area contributed by atoms with Gasteiger partial charge < -0.3 is 10.2 Å². The summed E-state index contributed by atoms with van der Waals surface area (Å²) in [5, 5.41) is 3.77. The number of likely N-dealkylation sites (N-methyl/N-ethyl adjacent to an activating group) is 1. The van der Waals surface area contributed by atoms with E-state index < -0.39 is 0 Å². The van der Waals surface area contributed by atoms with E-state index in [9.17, 15) is 0 Å². The minimum atomic E-state index is 0. The van der Waals surface area contributed by atoms with Gasteiger partial charge in [0.1, 0.15) is 0 Å². The lowest BCUT2D eigenvalue weighted by atomic mass is 10.1. The maximum absolute atomic E-state index is 3.77. The third-order valence-corrected chi connectivity index (χ3v) is 4.72. The van der Waals surface area contributed by atoms with Crippen molar-refractivity contribution in [2.45, 2.75) is 37.8 Å². The van der Waals surface area contributed by atoms with Crippen LogP contribution in [-0.2, 0) is 0 Å². The van der Waals surface area contributed by atoms with E-state index in [1.807, 2.05) is 0 Å². The Labute approximate surface area is 110 Å². The van der Waals surface area contributed by atoms with Crippen LogP contribution < -0.4 is 5.32 Å². The molecule has 0 aromatic carbocycles. The maximum Gasteiger partial charge on any atom is 0.0242 e. The average molecular weight is 265 g/mol. The first-order valence-corrected chi connectivity index (χ1v) is 7.40. The summed E-state index contributed by atoms with van der Waals surface area (Å²) in [6, 6.07) is 1.58. The van der Waals surface area contributed by atoms with Crippen molar-refractivity contribution in [1.82, 2.24) is 10.2 Å². The molecule has 0 aromatic rings. The van der Waals surface area contributed by atoms with Crippen molar-refractivity contribution < 1.29 is 0 Å².